The molecule has 1 heterocycles. The third-order valence-corrected chi connectivity index (χ3v) is 6.92. The minimum absolute atomic E-state index is 0.0143. The molecule has 1 aromatic heterocycles. The van der Waals surface area contributed by atoms with Crippen molar-refractivity contribution in [3.63, 3.8) is 0 Å². The van der Waals surface area contributed by atoms with E-state index in [4.69, 9.17) is 14.2 Å². The average Bonchev–Trinajstić information content (AvgIpc) is 2.98. The second kappa shape index (κ2) is 13.2. The smallest absolute Gasteiger partial charge is 0.308 e. The molecule has 0 aliphatic rings. The first-order valence-corrected chi connectivity index (χ1v) is 13.4. The summed E-state index contributed by atoms with van der Waals surface area (Å²) < 4.78 is 16.7. The van der Waals surface area contributed by atoms with E-state index in [2.05, 4.69) is 52.8 Å². The zero-order valence-electron chi connectivity index (χ0n) is 23.6. The van der Waals surface area contributed by atoms with E-state index in [-0.39, 0.29) is 35.8 Å². The summed E-state index contributed by atoms with van der Waals surface area (Å²) in [6.07, 6.45) is 2.41. The molecule has 4 rings (SSSR count). The molecule has 1 N–H and O–H groups in total. The molecule has 0 saturated carbocycles. The molecule has 8 nitrogen and oxygen atoms in total. The molecule has 41 heavy (non-hydrogen) atoms. The van der Waals surface area contributed by atoms with Gasteiger partial charge in [-0.2, -0.15) is 0 Å². The first-order valence-electron chi connectivity index (χ1n) is 13.4. The summed E-state index contributed by atoms with van der Waals surface area (Å²) in [5, 5.41) is 5.03. The number of pyridine rings is 1. The summed E-state index contributed by atoms with van der Waals surface area (Å²) in [5.74, 6) is -1.32. The van der Waals surface area contributed by atoms with Gasteiger partial charge in [0.2, 0.25) is 5.75 Å². The Hall–Kier alpha value is -4.56. The Morgan fingerprint density at radius 3 is 2.39 bits per heavy atom. The number of fused-ring (bicyclic) bond motifs is 1. The third kappa shape index (κ3) is 7.35. The number of hydrogen-bond donors (Lipinski definition) is 1. The van der Waals surface area contributed by atoms with Crippen LogP contribution in [0.4, 0.5) is 0 Å². The highest BCUT2D eigenvalue weighted by Gasteiger charge is 2.32. The number of esters is 1. The number of carbonyl (C=O) groups is 3. The number of nitrogens with zero attached hydrogens (tertiary/aromatic N) is 1. The number of ether oxygens (including phenoxy) is 3. The summed E-state index contributed by atoms with van der Waals surface area (Å²) in [5.41, 5.74) is 0.714. The molecule has 0 radical (unpaired) electrons. The SMILES string of the molecule is COc1ccnc(C(=O)N[C@@](C)(C=O)CO[C@@H](C)[C@H](Cc2ccc3ccccc3c2)c2ccccc2)c1OC(C)=O. The van der Waals surface area contributed by atoms with E-state index in [0.717, 1.165) is 12.0 Å². The van der Waals surface area contributed by atoms with Gasteiger partial charge in [-0.15, -0.1) is 0 Å². The lowest BCUT2D eigenvalue weighted by atomic mass is 9.87. The molecule has 8 heteroatoms. The van der Waals surface area contributed by atoms with Crippen molar-refractivity contribution in [3.8, 4) is 11.5 Å². The summed E-state index contributed by atoms with van der Waals surface area (Å²) in [7, 11) is 1.38. The molecule has 1 amide bonds. The number of hydrogen-bond acceptors (Lipinski definition) is 7. The lowest BCUT2D eigenvalue weighted by molar-refractivity contribution is -0.132. The normalized spacial score (nSPS) is 14.0. The predicted octanol–water partition coefficient (Wildman–Crippen LogP) is 5.29. The van der Waals surface area contributed by atoms with Crippen LogP contribution in [0.1, 0.15) is 48.3 Å². The number of benzene rings is 3. The third-order valence-electron chi connectivity index (χ3n) is 6.92. The van der Waals surface area contributed by atoms with Gasteiger partial charge in [0.05, 0.1) is 19.8 Å². The van der Waals surface area contributed by atoms with Gasteiger partial charge in [-0.25, -0.2) is 4.98 Å². The number of nitrogens with one attached hydrogen (secondary N) is 1. The minimum Gasteiger partial charge on any atom is -0.493 e. The first kappa shape index (κ1) is 29.4. The van der Waals surface area contributed by atoms with Crippen LogP contribution >= 0.6 is 0 Å². The van der Waals surface area contributed by atoms with Crippen molar-refractivity contribution in [2.24, 2.45) is 0 Å². The molecule has 0 aliphatic heterocycles. The molecular weight excluding hydrogens is 520 g/mol. The molecule has 212 valence electrons. The first-order chi connectivity index (χ1) is 19.7. The maximum Gasteiger partial charge on any atom is 0.308 e. The number of methoxy groups -OCH3 is 1. The van der Waals surface area contributed by atoms with Gasteiger partial charge >= 0.3 is 5.97 Å². The molecule has 0 fully saturated rings. The number of aromatic nitrogens is 1. The van der Waals surface area contributed by atoms with Crippen molar-refractivity contribution >= 4 is 28.9 Å². The highest BCUT2D eigenvalue weighted by Crippen LogP contribution is 2.31. The fraction of sp³-hybridized carbons (Fsp3) is 0.273. The van der Waals surface area contributed by atoms with E-state index in [0.29, 0.717) is 6.29 Å². The number of amides is 1. The largest absolute Gasteiger partial charge is 0.493 e. The van der Waals surface area contributed by atoms with Gasteiger partial charge in [-0.05, 0) is 42.2 Å². The second-order valence-electron chi connectivity index (χ2n) is 10.2. The molecule has 0 spiro atoms. The molecule has 3 atom stereocenters. The van der Waals surface area contributed by atoms with Crippen LogP contribution in [0.2, 0.25) is 0 Å². The van der Waals surface area contributed by atoms with Gasteiger partial charge in [0.1, 0.15) is 11.8 Å². The minimum atomic E-state index is -1.38. The highest BCUT2D eigenvalue weighted by atomic mass is 16.6. The molecule has 0 saturated heterocycles. The van der Waals surface area contributed by atoms with Crippen LogP contribution in [-0.4, -0.2) is 48.5 Å². The van der Waals surface area contributed by atoms with Crippen molar-refractivity contribution < 1.29 is 28.6 Å². The summed E-state index contributed by atoms with van der Waals surface area (Å²) in [6, 6.07) is 26.2. The molecular formula is C33H34N2O6. The topological polar surface area (TPSA) is 104 Å². The maximum absolute atomic E-state index is 13.2. The van der Waals surface area contributed by atoms with Gasteiger partial charge in [0.25, 0.3) is 5.91 Å². The summed E-state index contributed by atoms with van der Waals surface area (Å²) in [4.78, 5) is 41.1. The van der Waals surface area contributed by atoms with Crippen LogP contribution in [0.3, 0.4) is 0 Å². The van der Waals surface area contributed by atoms with Crippen LogP contribution in [0.25, 0.3) is 10.8 Å². The van der Waals surface area contributed by atoms with Crippen LogP contribution in [-0.2, 0) is 20.7 Å². The second-order valence-corrected chi connectivity index (χ2v) is 10.2. The Morgan fingerprint density at radius 1 is 1.00 bits per heavy atom. The fourth-order valence-corrected chi connectivity index (χ4v) is 4.71. The highest BCUT2D eigenvalue weighted by molar-refractivity contribution is 5.98. The fourth-order valence-electron chi connectivity index (χ4n) is 4.71. The Balaban J connectivity index is 1.52. The Labute approximate surface area is 239 Å². The molecule has 0 aliphatic carbocycles. The Kier molecular flexibility index (Phi) is 9.47. The number of carbonyl (C=O) groups excluding carboxylic acids is 3. The number of rotatable bonds is 12. The lowest BCUT2D eigenvalue weighted by Crippen LogP contribution is -2.52. The van der Waals surface area contributed by atoms with Crippen LogP contribution in [0.15, 0.2) is 85.1 Å². The molecule has 3 aromatic carbocycles. The Bertz CT molecular complexity index is 1520. The quantitative estimate of drug-likeness (QED) is 0.188. The summed E-state index contributed by atoms with van der Waals surface area (Å²) >= 11 is 0. The zero-order chi connectivity index (χ0) is 29.4. The average molecular weight is 555 g/mol. The van der Waals surface area contributed by atoms with E-state index in [1.807, 2.05) is 37.3 Å². The van der Waals surface area contributed by atoms with Crippen LogP contribution < -0.4 is 14.8 Å². The summed E-state index contributed by atoms with van der Waals surface area (Å²) in [6.45, 7) is 4.66. The van der Waals surface area contributed by atoms with E-state index < -0.39 is 17.4 Å². The standard InChI is InChI=1S/C33H34N2O6/c1-22(28(26-11-6-5-7-12-26)19-24-14-15-25-10-8-9-13-27(25)18-24)40-21-33(3,20-36)35-32(38)30-31(41-23(2)37)29(39-4)16-17-34-30/h5-18,20,22,28H,19,21H2,1-4H3,(H,35,38)/t22-,28-,33-/m0/s1. The van der Waals surface area contributed by atoms with Crippen molar-refractivity contribution in [3.05, 3.63) is 102 Å². The van der Waals surface area contributed by atoms with Gasteiger partial charge in [-0.3, -0.25) is 9.59 Å². The van der Waals surface area contributed by atoms with Gasteiger partial charge in [0, 0.05) is 25.1 Å². The van der Waals surface area contributed by atoms with Crippen LogP contribution in [0.5, 0.6) is 11.5 Å². The van der Waals surface area contributed by atoms with E-state index in [1.54, 1.807) is 6.92 Å². The lowest BCUT2D eigenvalue weighted by Gasteiger charge is -2.30. The van der Waals surface area contributed by atoms with E-state index in [1.165, 1.54) is 42.6 Å². The molecule has 0 unspecified atom stereocenters. The molecule has 0 bridgehead atoms. The molecule has 4 aromatic rings. The monoisotopic (exact) mass is 554 g/mol. The maximum atomic E-state index is 13.2. The number of aldehydes is 1. The van der Waals surface area contributed by atoms with Gasteiger partial charge < -0.3 is 24.3 Å². The van der Waals surface area contributed by atoms with Crippen molar-refractivity contribution in [2.45, 2.75) is 44.8 Å². The van der Waals surface area contributed by atoms with Crippen molar-refractivity contribution in [2.75, 3.05) is 13.7 Å². The predicted molar refractivity (Wildman–Crippen MR) is 156 cm³/mol. The van der Waals surface area contributed by atoms with Crippen molar-refractivity contribution in [1.29, 1.82) is 0 Å². The van der Waals surface area contributed by atoms with Gasteiger partial charge in [0.15, 0.2) is 11.4 Å². The Morgan fingerprint density at radius 2 is 1.71 bits per heavy atom. The van der Waals surface area contributed by atoms with E-state index in [9.17, 15) is 14.4 Å². The van der Waals surface area contributed by atoms with E-state index >= 15 is 0 Å². The van der Waals surface area contributed by atoms with Crippen LogP contribution in [0, 0.1) is 0 Å². The zero-order valence-corrected chi connectivity index (χ0v) is 23.6. The van der Waals surface area contributed by atoms with Gasteiger partial charge in [-0.1, -0.05) is 72.8 Å². The van der Waals surface area contributed by atoms with Crippen molar-refractivity contribution in [1.82, 2.24) is 10.3 Å².